The molecule has 2 heterocycles. The zero-order valence-electron chi connectivity index (χ0n) is 22.8. The molecule has 4 rings (SSSR count). The van der Waals surface area contributed by atoms with Gasteiger partial charge in [0, 0.05) is 13.2 Å². The predicted octanol–water partition coefficient (Wildman–Crippen LogP) is 4.86. The molecular formula is C30H36O9. The third-order valence-corrected chi connectivity index (χ3v) is 6.51. The Morgan fingerprint density at radius 3 is 2.64 bits per heavy atom. The minimum absolute atomic E-state index is 0.0251. The van der Waals surface area contributed by atoms with Crippen molar-refractivity contribution in [1.82, 2.24) is 0 Å². The van der Waals surface area contributed by atoms with E-state index in [1.165, 1.54) is 7.11 Å². The van der Waals surface area contributed by atoms with Crippen LogP contribution in [0.15, 0.2) is 54.6 Å². The molecule has 0 spiro atoms. The molecule has 0 saturated carbocycles. The van der Waals surface area contributed by atoms with E-state index < -0.39 is 29.9 Å². The minimum atomic E-state index is -0.851. The van der Waals surface area contributed by atoms with Gasteiger partial charge in [0.15, 0.2) is 12.6 Å². The van der Waals surface area contributed by atoms with Crippen molar-refractivity contribution in [1.29, 1.82) is 0 Å². The molecule has 1 fully saturated rings. The van der Waals surface area contributed by atoms with Gasteiger partial charge in [-0.25, -0.2) is 9.59 Å². The maximum Gasteiger partial charge on any atom is 0.342 e. The third kappa shape index (κ3) is 7.38. The van der Waals surface area contributed by atoms with Crippen molar-refractivity contribution < 1.29 is 42.7 Å². The number of carbonyl (C=O) groups is 2. The molecular weight excluding hydrogens is 504 g/mol. The number of ether oxygens (including phenoxy) is 7. The van der Waals surface area contributed by atoms with Crippen molar-refractivity contribution in [3.05, 3.63) is 71.3 Å². The summed E-state index contributed by atoms with van der Waals surface area (Å²) in [5.41, 5.74) is 1.54. The highest BCUT2D eigenvalue weighted by Gasteiger charge is 2.45. The van der Waals surface area contributed by atoms with Crippen molar-refractivity contribution in [3.63, 3.8) is 0 Å². The second-order valence-electron chi connectivity index (χ2n) is 9.83. The Bertz CT molecular complexity index is 1160. The molecule has 2 aliphatic heterocycles. The van der Waals surface area contributed by atoms with Crippen molar-refractivity contribution in [3.8, 4) is 11.5 Å². The summed E-state index contributed by atoms with van der Waals surface area (Å²) in [5.74, 6) is -0.893. The molecule has 0 radical (unpaired) electrons. The van der Waals surface area contributed by atoms with Gasteiger partial charge in [-0.3, -0.25) is 0 Å². The average Bonchev–Trinajstić information content (AvgIpc) is 3.24. The fourth-order valence-corrected chi connectivity index (χ4v) is 4.79. The molecule has 2 aromatic rings. The summed E-state index contributed by atoms with van der Waals surface area (Å²) >= 11 is 0. The molecule has 2 aromatic carbocycles. The number of esters is 2. The molecule has 3 unspecified atom stereocenters. The lowest BCUT2D eigenvalue weighted by Crippen LogP contribution is -2.37. The van der Waals surface area contributed by atoms with E-state index in [0.717, 1.165) is 5.56 Å². The number of cyclic esters (lactones) is 1. The Morgan fingerprint density at radius 1 is 1.10 bits per heavy atom. The van der Waals surface area contributed by atoms with E-state index in [1.54, 1.807) is 43.5 Å². The molecule has 3 atom stereocenters. The second kappa shape index (κ2) is 13.1. The number of carbonyl (C=O) groups excluding carboxylic acids is 2. The average molecular weight is 541 g/mol. The van der Waals surface area contributed by atoms with Gasteiger partial charge in [0.1, 0.15) is 29.3 Å². The summed E-state index contributed by atoms with van der Waals surface area (Å²) in [6.07, 6.45) is 4.26. The first-order valence-corrected chi connectivity index (χ1v) is 13.1. The van der Waals surface area contributed by atoms with Crippen molar-refractivity contribution in [2.24, 2.45) is 0 Å². The third-order valence-electron chi connectivity index (χ3n) is 6.51. The smallest absolute Gasteiger partial charge is 0.342 e. The van der Waals surface area contributed by atoms with Gasteiger partial charge in [0.05, 0.1) is 25.4 Å². The van der Waals surface area contributed by atoms with Crippen LogP contribution >= 0.6 is 0 Å². The number of hydrogen-bond acceptors (Lipinski definition) is 9. The number of hydrogen-bond donors (Lipinski definition) is 0. The van der Waals surface area contributed by atoms with E-state index in [2.05, 4.69) is 0 Å². The summed E-state index contributed by atoms with van der Waals surface area (Å²) in [5, 5.41) is 0. The Kier molecular flexibility index (Phi) is 9.61. The highest BCUT2D eigenvalue weighted by atomic mass is 16.8. The second-order valence-corrected chi connectivity index (χ2v) is 9.83. The van der Waals surface area contributed by atoms with Gasteiger partial charge in [-0.2, -0.15) is 0 Å². The molecule has 9 heteroatoms. The molecule has 2 aliphatic rings. The lowest BCUT2D eigenvalue weighted by Gasteiger charge is -2.25. The van der Waals surface area contributed by atoms with E-state index in [0.29, 0.717) is 48.3 Å². The van der Waals surface area contributed by atoms with Gasteiger partial charge in [-0.15, -0.1) is 0 Å². The Labute approximate surface area is 228 Å². The molecule has 0 aliphatic carbocycles. The van der Waals surface area contributed by atoms with Crippen LogP contribution in [0.4, 0.5) is 0 Å². The van der Waals surface area contributed by atoms with Crippen LogP contribution in [0, 0.1) is 0 Å². The fourth-order valence-electron chi connectivity index (χ4n) is 4.79. The predicted molar refractivity (Wildman–Crippen MR) is 142 cm³/mol. The van der Waals surface area contributed by atoms with Gasteiger partial charge in [0.2, 0.25) is 0 Å². The molecule has 1 saturated heterocycles. The normalized spacial score (nSPS) is 23.1. The number of rotatable bonds is 6. The lowest BCUT2D eigenvalue weighted by atomic mass is 9.96. The van der Waals surface area contributed by atoms with Crippen LogP contribution in [0.1, 0.15) is 59.4 Å². The molecule has 210 valence electrons. The lowest BCUT2D eigenvalue weighted by molar-refractivity contribution is -0.153. The molecule has 9 nitrogen and oxygen atoms in total. The minimum Gasteiger partial charge on any atom is -0.497 e. The van der Waals surface area contributed by atoms with Crippen LogP contribution in [-0.4, -0.2) is 63.7 Å². The van der Waals surface area contributed by atoms with Gasteiger partial charge < -0.3 is 33.2 Å². The number of benzene rings is 2. The molecule has 0 N–H and O–H groups in total. The van der Waals surface area contributed by atoms with Crippen LogP contribution in [-0.2, 0) is 30.1 Å². The maximum atomic E-state index is 13.2. The van der Waals surface area contributed by atoms with E-state index in [9.17, 15) is 9.59 Å². The Hall–Kier alpha value is -3.40. The van der Waals surface area contributed by atoms with Gasteiger partial charge in [-0.05, 0) is 69.4 Å². The monoisotopic (exact) mass is 540 g/mol. The first-order chi connectivity index (χ1) is 18.8. The Morgan fingerprint density at radius 2 is 1.90 bits per heavy atom. The Balaban J connectivity index is 1.62. The zero-order chi connectivity index (χ0) is 27.8. The van der Waals surface area contributed by atoms with Crippen LogP contribution < -0.4 is 9.47 Å². The highest BCUT2D eigenvalue weighted by molar-refractivity contribution is 5.94. The topological polar surface area (TPSA) is 98.8 Å². The summed E-state index contributed by atoms with van der Waals surface area (Å²) in [7, 11) is 3.07. The van der Waals surface area contributed by atoms with E-state index in [4.69, 9.17) is 33.2 Å². The van der Waals surface area contributed by atoms with Crippen LogP contribution in [0.2, 0.25) is 0 Å². The van der Waals surface area contributed by atoms with E-state index >= 15 is 0 Å². The number of aryl methyl sites for hydroxylation is 1. The molecule has 0 aromatic heterocycles. The quantitative estimate of drug-likeness (QED) is 0.289. The first-order valence-electron chi connectivity index (χ1n) is 13.1. The fraction of sp³-hybridized carbons (Fsp3) is 0.467. The van der Waals surface area contributed by atoms with E-state index in [1.807, 2.05) is 32.1 Å². The molecule has 39 heavy (non-hydrogen) atoms. The summed E-state index contributed by atoms with van der Waals surface area (Å²) < 4.78 is 40.3. The zero-order valence-corrected chi connectivity index (χ0v) is 22.8. The van der Waals surface area contributed by atoms with Crippen molar-refractivity contribution in [2.45, 2.75) is 63.6 Å². The SMILES string of the molecule is COCOc1cc(OC)cc2c1C(=O)OCCC=CC(OC(=O)c1ccccc1)C1OC(C)(C)OC1CCC2. The first kappa shape index (κ1) is 28.6. The van der Waals surface area contributed by atoms with Gasteiger partial charge in [0.25, 0.3) is 0 Å². The van der Waals surface area contributed by atoms with Crippen LogP contribution in [0.5, 0.6) is 11.5 Å². The van der Waals surface area contributed by atoms with E-state index in [-0.39, 0.29) is 19.5 Å². The molecule has 0 amide bonds. The van der Waals surface area contributed by atoms with Gasteiger partial charge in [-0.1, -0.05) is 24.3 Å². The summed E-state index contributed by atoms with van der Waals surface area (Å²) in [6.45, 7) is 3.80. The van der Waals surface area contributed by atoms with Crippen LogP contribution in [0.25, 0.3) is 0 Å². The largest absolute Gasteiger partial charge is 0.497 e. The van der Waals surface area contributed by atoms with Gasteiger partial charge >= 0.3 is 11.9 Å². The molecule has 0 bridgehead atoms. The van der Waals surface area contributed by atoms with Crippen molar-refractivity contribution in [2.75, 3.05) is 27.6 Å². The summed E-state index contributed by atoms with van der Waals surface area (Å²) in [6, 6.07) is 12.3. The van der Waals surface area contributed by atoms with Crippen molar-refractivity contribution >= 4 is 11.9 Å². The summed E-state index contributed by atoms with van der Waals surface area (Å²) in [4.78, 5) is 26.1. The highest BCUT2D eigenvalue weighted by Crippen LogP contribution is 2.36. The standard InChI is InChI=1S/C30H36O9/c1-30(2)38-24-15-10-13-21-17-22(34-4)18-25(36-19-33-3)26(21)29(32)35-16-9-8-14-23(27(24)39-30)37-28(31)20-11-6-5-7-12-20/h5-8,11-12,14,17-18,23-24,27H,9-10,13,15-16,19H2,1-4H3. The maximum absolute atomic E-state index is 13.2. The van der Waals surface area contributed by atoms with Crippen LogP contribution in [0.3, 0.4) is 0 Å². The number of fused-ring (bicyclic) bond motifs is 2. The number of methoxy groups -OCH3 is 2.